The monoisotopic (exact) mass is 415 g/mol. The highest BCUT2D eigenvalue weighted by atomic mass is 35.5. The molecule has 0 atom stereocenters. The van der Waals surface area contributed by atoms with E-state index in [2.05, 4.69) is 10.0 Å². The van der Waals surface area contributed by atoms with Crippen molar-refractivity contribution in [1.82, 2.24) is 10.0 Å². The molecule has 0 aromatic heterocycles. The molecule has 6 nitrogen and oxygen atoms in total. The number of rotatable bonds is 7. The van der Waals surface area contributed by atoms with Gasteiger partial charge in [0.25, 0.3) is 0 Å². The summed E-state index contributed by atoms with van der Waals surface area (Å²) in [5.41, 5.74) is 0.765. The fraction of sp³-hybridized carbons (Fsp3) is 0.632. The molecule has 1 aromatic carbocycles. The summed E-state index contributed by atoms with van der Waals surface area (Å²) in [6.07, 6.45) is 8.93. The number of anilines is 1. The molecule has 0 bridgehead atoms. The second-order valence-electron chi connectivity index (χ2n) is 7.18. The molecule has 1 aliphatic carbocycles. The number of benzene rings is 1. The van der Waals surface area contributed by atoms with Crippen LogP contribution in [0.5, 0.6) is 0 Å². The van der Waals surface area contributed by atoms with E-state index in [1.54, 1.807) is 29.2 Å². The molecular formula is C19H30ClN3O3S. The van der Waals surface area contributed by atoms with Crippen LogP contribution < -0.4 is 14.9 Å². The molecule has 1 aliphatic heterocycles. The maximum absolute atomic E-state index is 12.4. The van der Waals surface area contributed by atoms with E-state index in [1.165, 1.54) is 38.5 Å². The molecule has 2 N–H and O–H groups in total. The lowest BCUT2D eigenvalue weighted by molar-refractivity contribution is -0.117. The minimum absolute atomic E-state index is 0. The highest BCUT2D eigenvalue weighted by molar-refractivity contribution is 7.89. The number of hydrogen-bond donors (Lipinski definition) is 2. The van der Waals surface area contributed by atoms with Crippen LogP contribution >= 0.6 is 12.4 Å². The first-order chi connectivity index (χ1) is 12.6. The zero-order valence-corrected chi connectivity index (χ0v) is 17.3. The van der Waals surface area contributed by atoms with Gasteiger partial charge in [0.05, 0.1) is 4.90 Å². The van der Waals surface area contributed by atoms with Gasteiger partial charge >= 0.3 is 0 Å². The summed E-state index contributed by atoms with van der Waals surface area (Å²) >= 11 is 0. The van der Waals surface area contributed by atoms with E-state index in [0.717, 1.165) is 12.1 Å². The van der Waals surface area contributed by atoms with Gasteiger partial charge in [-0.15, -0.1) is 12.4 Å². The molecule has 1 aromatic rings. The van der Waals surface area contributed by atoms with Gasteiger partial charge < -0.3 is 10.2 Å². The number of carbonyl (C=O) groups is 1. The van der Waals surface area contributed by atoms with Gasteiger partial charge in [-0.2, -0.15) is 0 Å². The number of amides is 1. The van der Waals surface area contributed by atoms with E-state index in [1.807, 2.05) is 0 Å². The Balaban J connectivity index is 0.00000261. The predicted molar refractivity (Wildman–Crippen MR) is 110 cm³/mol. The Labute approximate surface area is 168 Å². The van der Waals surface area contributed by atoms with Crippen LogP contribution in [0.1, 0.15) is 51.4 Å². The lowest BCUT2D eigenvalue weighted by Crippen LogP contribution is -2.36. The molecule has 0 radical (unpaired) electrons. The lowest BCUT2D eigenvalue weighted by atomic mass is 10.1. The van der Waals surface area contributed by atoms with E-state index in [9.17, 15) is 13.2 Å². The van der Waals surface area contributed by atoms with Gasteiger partial charge in [0.15, 0.2) is 0 Å². The fourth-order valence-corrected chi connectivity index (χ4v) is 4.79. The molecule has 8 heteroatoms. The van der Waals surface area contributed by atoms with Crippen LogP contribution in [0.15, 0.2) is 29.2 Å². The summed E-state index contributed by atoms with van der Waals surface area (Å²) in [5, 5.41) is 3.47. The molecule has 1 amide bonds. The highest BCUT2D eigenvalue weighted by Gasteiger charge is 2.22. The van der Waals surface area contributed by atoms with Crippen LogP contribution in [0.25, 0.3) is 0 Å². The van der Waals surface area contributed by atoms with Gasteiger partial charge in [-0.05, 0) is 43.5 Å². The molecule has 3 rings (SSSR count). The summed E-state index contributed by atoms with van der Waals surface area (Å²) in [6, 6.07) is 7.08. The molecule has 0 spiro atoms. The summed E-state index contributed by atoms with van der Waals surface area (Å²) in [7, 11) is -3.52. The van der Waals surface area contributed by atoms with Crippen LogP contribution in [-0.2, 0) is 14.8 Å². The van der Waals surface area contributed by atoms with Crippen LogP contribution in [0, 0.1) is 0 Å². The first-order valence-electron chi connectivity index (χ1n) is 9.70. The van der Waals surface area contributed by atoms with Crippen molar-refractivity contribution >= 4 is 34.0 Å². The van der Waals surface area contributed by atoms with Gasteiger partial charge in [-0.25, -0.2) is 13.1 Å². The third-order valence-electron chi connectivity index (χ3n) is 5.24. The molecular weight excluding hydrogens is 386 g/mol. The Morgan fingerprint density at radius 2 is 1.63 bits per heavy atom. The summed E-state index contributed by atoms with van der Waals surface area (Å²) in [6.45, 7) is 1.73. The van der Waals surface area contributed by atoms with Gasteiger partial charge in [0.2, 0.25) is 15.9 Å². The van der Waals surface area contributed by atoms with E-state index in [0.29, 0.717) is 32.1 Å². The average molecular weight is 416 g/mol. The second kappa shape index (κ2) is 10.4. The topological polar surface area (TPSA) is 78.5 Å². The first kappa shape index (κ1) is 22.1. The highest BCUT2D eigenvalue weighted by Crippen LogP contribution is 2.23. The average Bonchev–Trinajstić information content (AvgIpc) is 2.90. The van der Waals surface area contributed by atoms with E-state index in [-0.39, 0.29) is 23.2 Å². The lowest BCUT2D eigenvalue weighted by Gasteiger charge is -2.17. The van der Waals surface area contributed by atoms with Crippen LogP contribution in [0.2, 0.25) is 0 Å². The molecule has 1 saturated carbocycles. The Hall–Kier alpha value is -1.15. The zero-order chi connectivity index (χ0) is 18.4. The van der Waals surface area contributed by atoms with Gasteiger partial charge in [0.1, 0.15) is 0 Å². The maximum atomic E-state index is 12.4. The third-order valence-corrected chi connectivity index (χ3v) is 6.71. The minimum atomic E-state index is -3.52. The predicted octanol–water partition coefficient (Wildman–Crippen LogP) is 2.83. The minimum Gasteiger partial charge on any atom is -0.313 e. The first-order valence-corrected chi connectivity index (χ1v) is 11.2. The van der Waals surface area contributed by atoms with Crippen molar-refractivity contribution in [1.29, 1.82) is 0 Å². The Morgan fingerprint density at radius 3 is 2.22 bits per heavy atom. The van der Waals surface area contributed by atoms with Crippen molar-refractivity contribution in [2.75, 3.05) is 24.5 Å². The SMILES string of the molecule is Cl.O=C1CCCN1c1ccc(S(=O)(=O)NCCNC2CCCCCC2)cc1. The van der Waals surface area contributed by atoms with E-state index in [4.69, 9.17) is 0 Å². The van der Waals surface area contributed by atoms with Crippen molar-refractivity contribution < 1.29 is 13.2 Å². The summed E-state index contributed by atoms with van der Waals surface area (Å²) < 4.78 is 27.5. The molecule has 27 heavy (non-hydrogen) atoms. The Morgan fingerprint density at radius 1 is 0.963 bits per heavy atom. The van der Waals surface area contributed by atoms with Crippen molar-refractivity contribution in [3.05, 3.63) is 24.3 Å². The number of halogens is 1. The van der Waals surface area contributed by atoms with Crippen molar-refractivity contribution in [3.63, 3.8) is 0 Å². The van der Waals surface area contributed by atoms with Gasteiger partial charge in [-0.1, -0.05) is 25.7 Å². The number of sulfonamides is 1. The summed E-state index contributed by atoms with van der Waals surface area (Å²) in [5.74, 6) is 0.100. The Bertz CT molecular complexity index is 701. The van der Waals surface area contributed by atoms with E-state index < -0.39 is 10.0 Å². The number of carbonyl (C=O) groups excluding carboxylic acids is 1. The molecule has 1 saturated heterocycles. The quantitative estimate of drug-likeness (QED) is 0.530. The standard InChI is InChI=1S/C19H29N3O3S.ClH/c23-19-8-5-15-22(19)17-9-11-18(12-10-17)26(24,25)21-14-13-20-16-6-3-1-2-4-7-16;/h9-12,16,20-21H,1-8,13-15H2;1H. The maximum Gasteiger partial charge on any atom is 0.240 e. The summed E-state index contributed by atoms with van der Waals surface area (Å²) in [4.78, 5) is 13.7. The van der Waals surface area contributed by atoms with Crippen LogP contribution in [-0.4, -0.2) is 40.0 Å². The van der Waals surface area contributed by atoms with Gasteiger partial charge in [-0.3, -0.25) is 4.79 Å². The van der Waals surface area contributed by atoms with Crippen molar-refractivity contribution in [3.8, 4) is 0 Å². The van der Waals surface area contributed by atoms with Crippen molar-refractivity contribution in [2.45, 2.75) is 62.3 Å². The van der Waals surface area contributed by atoms with E-state index >= 15 is 0 Å². The largest absolute Gasteiger partial charge is 0.313 e. The van der Waals surface area contributed by atoms with Gasteiger partial charge in [0, 0.05) is 37.8 Å². The molecule has 2 fully saturated rings. The normalized spacial score (nSPS) is 19.0. The second-order valence-corrected chi connectivity index (χ2v) is 8.95. The number of hydrogen-bond acceptors (Lipinski definition) is 4. The van der Waals surface area contributed by atoms with Crippen LogP contribution in [0.3, 0.4) is 0 Å². The molecule has 1 heterocycles. The molecule has 0 unspecified atom stereocenters. The number of nitrogens with zero attached hydrogens (tertiary/aromatic N) is 1. The number of nitrogens with one attached hydrogen (secondary N) is 2. The smallest absolute Gasteiger partial charge is 0.240 e. The molecule has 152 valence electrons. The molecule has 2 aliphatic rings. The third kappa shape index (κ3) is 6.17. The van der Waals surface area contributed by atoms with Crippen molar-refractivity contribution in [2.24, 2.45) is 0 Å². The Kier molecular flexibility index (Phi) is 8.54. The van der Waals surface area contributed by atoms with Crippen LogP contribution in [0.4, 0.5) is 5.69 Å². The fourth-order valence-electron chi connectivity index (χ4n) is 3.75. The zero-order valence-electron chi connectivity index (χ0n) is 15.7.